The van der Waals surface area contributed by atoms with Crippen LogP contribution in [0.3, 0.4) is 0 Å². The zero-order valence-corrected chi connectivity index (χ0v) is 14.8. The maximum absolute atomic E-state index is 9.76. The predicted octanol–water partition coefficient (Wildman–Crippen LogP) is 3.07. The zero-order valence-electron chi connectivity index (χ0n) is 14.8. The normalized spacial score (nSPS) is 10.9. The van der Waals surface area contributed by atoms with Crippen LogP contribution in [0, 0.1) is 6.92 Å². The van der Waals surface area contributed by atoms with Crippen LogP contribution < -0.4 is 4.74 Å². The van der Waals surface area contributed by atoms with Gasteiger partial charge in [0.2, 0.25) is 5.89 Å². The van der Waals surface area contributed by atoms with E-state index in [1.54, 1.807) is 36.8 Å². The van der Waals surface area contributed by atoms with Gasteiger partial charge in [0.15, 0.2) is 11.5 Å². The van der Waals surface area contributed by atoms with E-state index in [4.69, 9.17) is 9.15 Å². The van der Waals surface area contributed by atoms with Crippen molar-refractivity contribution in [3.63, 3.8) is 0 Å². The number of oxazole rings is 1. The fourth-order valence-corrected chi connectivity index (χ4v) is 2.78. The van der Waals surface area contributed by atoms with Crippen LogP contribution >= 0.6 is 0 Å². The van der Waals surface area contributed by atoms with E-state index in [2.05, 4.69) is 19.9 Å². The molecule has 136 valence electrons. The Morgan fingerprint density at radius 3 is 2.78 bits per heavy atom. The van der Waals surface area contributed by atoms with Crippen molar-refractivity contribution in [2.45, 2.75) is 13.5 Å². The monoisotopic (exact) mass is 363 g/mol. The van der Waals surface area contributed by atoms with Crippen LogP contribution in [-0.2, 0) is 6.54 Å². The van der Waals surface area contributed by atoms with E-state index >= 15 is 0 Å². The van der Waals surface area contributed by atoms with Crippen molar-refractivity contribution < 1.29 is 14.3 Å². The van der Waals surface area contributed by atoms with Crippen LogP contribution in [0.25, 0.3) is 22.8 Å². The summed E-state index contributed by atoms with van der Waals surface area (Å²) >= 11 is 0. The van der Waals surface area contributed by atoms with Crippen molar-refractivity contribution in [1.82, 2.24) is 24.5 Å². The summed E-state index contributed by atoms with van der Waals surface area (Å²) in [7, 11) is 1.50. The van der Waals surface area contributed by atoms with Crippen LogP contribution in [0.15, 0.2) is 53.7 Å². The lowest BCUT2D eigenvalue weighted by Gasteiger charge is -2.05. The number of ether oxygens (including phenoxy) is 1. The van der Waals surface area contributed by atoms with Crippen LogP contribution in [0.1, 0.15) is 11.5 Å². The van der Waals surface area contributed by atoms with Crippen molar-refractivity contribution in [3.8, 4) is 34.3 Å². The lowest BCUT2D eigenvalue weighted by Crippen LogP contribution is -2.03. The number of benzene rings is 1. The predicted molar refractivity (Wildman–Crippen MR) is 97.2 cm³/mol. The van der Waals surface area contributed by atoms with Gasteiger partial charge in [0.1, 0.15) is 23.6 Å². The smallest absolute Gasteiger partial charge is 0.226 e. The molecule has 0 saturated carbocycles. The summed E-state index contributed by atoms with van der Waals surface area (Å²) in [5.74, 6) is 2.36. The Balaban J connectivity index is 1.65. The molecule has 3 aromatic heterocycles. The van der Waals surface area contributed by atoms with E-state index in [1.807, 2.05) is 17.7 Å². The molecule has 0 aliphatic rings. The van der Waals surface area contributed by atoms with Crippen molar-refractivity contribution in [2.24, 2.45) is 0 Å². The number of aromatic nitrogens is 5. The molecule has 1 aromatic carbocycles. The molecule has 0 unspecified atom stereocenters. The van der Waals surface area contributed by atoms with Gasteiger partial charge in [-0.25, -0.2) is 19.9 Å². The zero-order chi connectivity index (χ0) is 18.8. The van der Waals surface area contributed by atoms with Gasteiger partial charge in [-0.15, -0.1) is 0 Å². The third-order valence-corrected chi connectivity index (χ3v) is 4.17. The fourth-order valence-electron chi connectivity index (χ4n) is 2.78. The largest absolute Gasteiger partial charge is 0.504 e. The Kier molecular flexibility index (Phi) is 4.29. The number of aryl methyl sites for hydroxylation is 1. The summed E-state index contributed by atoms with van der Waals surface area (Å²) in [6.07, 6.45) is 8.52. The molecule has 4 aromatic rings. The van der Waals surface area contributed by atoms with Crippen LogP contribution in [-0.4, -0.2) is 36.7 Å². The first-order valence-corrected chi connectivity index (χ1v) is 8.26. The molecule has 0 bridgehead atoms. The van der Waals surface area contributed by atoms with Crippen LogP contribution in [0.2, 0.25) is 0 Å². The molecule has 4 rings (SSSR count). The van der Waals surface area contributed by atoms with E-state index in [1.165, 1.54) is 13.4 Å². The molecule has 0 saturated heterocycles. The highest BCUT2D eigenvalue weighted by molar-refractivity contribution is 5.60. The van der Waals surface area contributed by atoms with Gasteiger partial charge in [-0.05, 0) is 25.1 Å². The topological polar surface area (TPSA) is 99.1 Å². The number of imidazole rings is 1. The molecule has 1 N–H and O–H groups in total. The third kappa shape index (κ3) is 3.24. The average molecular weight is 363 g/mol. The van der Waals surface area contributed by atoms with Gasteiger partial charge in [0.25, 0.3) is 0 Å². The first-order valence-electron chi connectivity index (χ1n) is 8.26. The number of hydrogen-bond acceptors (Lipinski definition) is 7. The summed E-state index contributed by atoms with van der Waals surface area (Å²) in [4.78, 5) is 17.1. The lowest BCUT2D eigenvalue weighted by molar-refractivity contribution is 0.373. The van der Waals surface area contributed by atoms with Gasteiger partial charge in [-0.3, -0.25) is 0 Å². The van der Waals surface area contributed by atoms with E-state index in [9.17, 15) is 5.11 Å². The van der Waals surface area contributed by atoms with Gasteiger partial charge in [-0.2, -0.15) is 0 Å². The van der Waals surface area contributed by atoms with Gasteiger partial charge in [0.05, 0.1) is 19.2 Å². The molecule has 8 heteroatoms. The summed E-state index contributed by atoms with van der Waals surface area (Å²) in [6.45, 7) is 2.36. The molecule has 0 spiro atoms. The number of aromatic hydroxyl groups is 1. The molecular formula is C19H17N5O3. The number of phenols is 1. The maximum Gasteiger partial charge on any atom is 0.226 e. The van der Waals surface area contributed by atoms with Crippen LogP contribution in [0.4, 0.5) is 0 Å². The van der Waals surface area contributed by atoms with Crippen molar-refractivity contribution in [1.29, 1.82) is 0 Å². The molecule has 0 aliphatic heterocycles. The second kappa shape index (κ2) is 6.91. The minimum Gasteiger partial charge on any atom is -0.504 e. The average Bonchev–Trinajstić information content (AvgIpc) is 3.30. The molecule has 8 nitrogen and oxygen atoms in total. The van der Waals surface area contributed by atoms with Crippen molar-refractivity contribution >= 4 is 0 Å². The Hall–Kier alpha value is -3.68. The van der Waals surface area contributed by atoms with Gasteiger partial charge in [0, 0.05) is 30.4 Å². The number of methoxy groups -OCH3 is 1. The minimum absolute atomic E-state index is 0.0675. The van der Waals surface area contributed by atoms with Crippen molar-refractivity contribution in [2.75, 3.05) is 7.11 Å². The molecule has 27 heavy (non-hydrogen) atoms. The standard InChI is InChI=1S/C19H17N5O3/c1-12-15(10-24-6-5-22-18(24)14-8-20-11-21-9-14)23-19(27-12)13-3-4-16(25)17(7-13)26-2/h3-9,11,25H,10H2,1-2H3. The van der Waals surface area contributed by atoms with Gasteiger partial charge >= 0.3 is 0 Å². The molecule has 0 amide bonds. The second-order valence-electron chi connectivity index (χ2n) is 5.91. The highest BCUT2D eigenvalue weighted by Crippen LogP contribution is 2.32. The maximum atomic E-state index is 9.76. The van der Waals surface area contributed by atoms with Gasteiger partial charge < -0.3 is 18.8 Å². The number of rotatable bonds is 5. The van der Waals surface area contributed by atoms with Gasteiger partial charge in [-0.1, -0.05) is 0 Å². The Bertz CT molecular complexity index is 1070. The van der Waals surface area contributed by atoms with Crippen LogP contribution in [0.5, 0.6) is 11.5 Å². The molecule has 0 atom stereocenters. The van der Waals surface area contributed by atoms with E-state index in [0.717, 1.165) is 22.6 Å². The lowest BCUT2D eigenvalue weighted by atomic mass is 10.2. The minimum atomic E-state index is 0.0675. The van der Waals surface area contributed by atoms with E-state index < -0.39 is 0 Å². The SMILES string of the molecule is COc1cc(-c2nc(Cn3ccnc3-c3cncnc3)c(C)o2)ccc1O. The number of nitrogens with zero attached hydrogens (tertiary/aromatic N) is 5. The Labute approximate surface area is 155 Å². The Morgan fingerprint density at radius 2 is 2.00 bits per heavy atom. The third-order valence-electron chi connectivity index (χ3n) is 4.17. The Morgan fingerprint density at radius 1 is 1.19 bits per heavy atom. The number of hydrogen-bond donors (Lipinski definition) is 1. The summed E-state index contributed by atoms with van der Waals surface area (Å²) in [5, 5.41) is 9.76. The first-order chi connectivity index (χ1) is 13.2. The van der Waals surface area contributed by atoms with E-state index in [0.29, 0.717) is 23.9 Å². The fraction of sp³-hybridized carbons (Fsp3) is 0.158. The molecular weight excluding hydrogens is 346 g/mol. The van der Waals surface area contributed by atoms with Crippen molar-refractivity contribution in [3.05, 3.63) is 60.8 Å². The summed E-state index contributed by atoms with van der Waals surface area (Å²) < 4.78 is 12.9. The quantitative estimate of drug-likeness (QED) is 0.582. The summed E-state index contributed by atoms with van der Waals surface area (Å²) in [5.41, 5.74) is 2.33. The number of phenolic OH excluding ortho intramolecular Hbond substituents is 1. The first kappa shape index (κ1) is 16.8. The highest BCUT2D eigenvalue weighted by atomic mass is 16.5. The molecule has 3 heterocycles. The summed E-state index contributed by atoms with van der Waals surface area (Å²) in [6, 6.07) is 4.97. The highest BCUT2D eigenvalue weighted by Gasteiger charge is 2.15. The second-order valence-corrected chi connectivity index (χ2v) is 5.91. The van der Waals surface area contributed by atoms with E-state index in [-0.39, 0.29) is 5.75 Å². The molecule has 0 fully saturated rings. The molecule has 0 aliphatic carbocycles. The molecule has 0 radical (unpaired) electrons.